The van der Waals surface area contributed by atoms with Gasteiger partial charge in [0.25, 0.3) is 0 Å². The molecule has 0 aromatic rings. The summed E-state index contributed by atoms with van der Waals surface area (Å²) in [4.78, 5) is 11.5. The van der Waals surface area contributed by atoms with Crippen LogP contribution in [0.4, 0.5) is 26.3 Å². The van der Waals surface area contributed by atoms with Gasteiger partial charge in [0.05, 0.1) is 18.1 Å². The minimum atomic E-state index is -6.22. The van der Waals surface area contributed by atoms with Gasteiger partial charge in [0.2, 0.25) is 0 Å². The van der Waals surface area contributed by atoms with Crippen LogP contribution in [-0.4, -0.2) is 33.2 Å². The van der Waals surface area contributed by atoms with Crippen molar-refractivity contribution in [2.45, 2.75) is 32.0 Å². The maximum Gasteiger partial charge on any atom is 0.534 e. The van der Waals surface area contributed by atoms with Crippen molar-refractivity contribution in [3.05, 3.63) is 11.3 Å². The maximum atomic E-state index is 13.2. The summed E-state index contributed by atoms with van der Waals surface area (Å²) in [6.07, 6.45) is -5.98. The molecule has 134 valence electrons. The molecule has 12 heteroatoms. The molecule has 0 fully saturated rings. The first-order valence-corrected chi connectivity index (χ1v) is 7.38. The van der Waals surface area contributed by atoms with Crippen LogP contribution in [0.2, 0.25) is 0 Å². The van der Waals surface area contributed by atoms with E-state index < -0.39 is 56.9 Å². The van der Waals surface area contributed by atoms with Gasteiger partial charge < -0.3 is 8.92 Å². The molecular formula is C11H12F6O5S. The lowest BCUT2D eigenvalue weighted by atomic mass is 9.78. The van der Waals surface area contributed by atoms with Gasteiger partial charge in [-0.15, -0.1) is 0 Å². The second-order valence-corrected chi connectivity index (χ2v) is 6.67. The van der Waals surface area contributed by atoms with Crippen molar-refractivity contribution in [3.8, 4) is 0 Å². The number of hydrogen-bond acceptors (Lipinski definition) is 5. The first-order chi connectivity index (χ1) is 10.1. The van der Waals surface area contributed by atoms with Crippen LogP contribution < -0.4 is 0 Å². The molecule has 0 heterocycles. The fourth-order valence-corrected chi connectivity index (χ4v) is 2.66. The van der Waals surface area contributed by atoms with E-state index in [1.165, 1.54) is 0 Å². The summed E-state index contributed by atoms with van der Waals surface area (Å²) >= 11 is 0. The third kappa shape index (κ3) is 3.26. The number of halogens is 6. The normalized spacial score (nSPS) is 26.4. The topological polar surface area (TPSA) is 69.7 Å². The van der Waals surface area contributed by atoms with Gasteiger partial charge in [0, 0.05) is 5.92 Å². The lowest BCUT2D eigenvalue weighted by molar-refractivity contribution is -0.228. The van der Waals surface area contributed by atoms with E-state index in [9.17, 15) is 39.6 Å². The zero-order valence-corrected chi connectivity index (χ0v) is 12.8. The van der Waals surface area contributed by atoms with E-state index >= 15 is 0 Å². The quantitative estimate of drug-likeness (QED) is 0.331. The van der Waals surface area contributed by atoms with Gasteiger partial charge in [0.1, 0.15) is 5.76 Å². The number of allylic oxidation sites excluding steroid dienone is 1. The van der Waals surface area contributed by atoms with Crippen LogP contribution in [0.1, 0.15) is 20.3 Å². The third-order valence-electron chi connectivity index (χ3n) is 3.75. The standard InChI is InChI=1S/C11H12F6O5S/c1-5-7(22-23(19,20)11(15,16)17)6(8(18)21-3)4-9(5,2)10(12,13)14/h5H,4H2,1-3H3/t5-,9+/m0/s1. The number of esters is 1. The Morgan fingerprint density at radius 2 is 1.70 bits per heavy atom. The molecule has 0 aliphatic heterocycles. The van der Waals surface area contributed by atoms with Crippen LogP contribution in [0.3, 0.4) is 0 Å². The van der Waals surface area contributed by atoms with Crippen LogP contribution >= 0.6 is 0 Å². The SMILES string of the molecule is COC(=O)C1=C(OS(=O)(=O)C(F)(F)F)[C@H](C)[C@](C)(C(F)(F)F)C1. The van der Waals surface area contributed by atoms with Crippen molar-refractivity contribution in [1.29, 1.82) is 0 Å². The number of alkyl halides is 6. The van der Waals surface area contributed by atoms with Gasteiger partial charge in [-0.25, -0.2) is 4.79 Å². The van der Waals surface area contributed by atoms with Crippen molar-refractivity contribution in [2.75, 3.05) is 7.11 Å². The number of methoxy groups -OCH3 is 1. The summed E-state index contributed by atoms with van der Waals surface area (Å²) < 4.78 is 107. The van der Waals surface area contributed by atoms with Crippen LogP contribution in [0.25, 0.3) is 0 Å². The number of ether oxygens (including phenoxy) is 1. The molecule has 0 unspecified atom stereocenters. The largest absolute Gasteiger partial charge is 0.534 e. The minimum absolute atomic E-state index is 0.650. The second-order valence-electron chi connectivity index (χ2n) is 5.13. The van der Waals surface area contributed by atoms with Gasteiger partial charge in [-0.2, -0.15) is 34.8 Å². The van der Waals surface area contributed by atoms with E-state index in [2.05, 4.69) is 8.92 Å². The number of rotatable bonds is 3. The van der Waals surface area contributed by atoms with Crippen molar-refractivity contribution in [1.82, 2.24) is 0 Å². The van der Waals surface area contributed by atoms with Crippen molar-refractivity contribution in [2.24, 2.45) is 11.3 Å². The third-order valence-corrected chi connectivity index (χ3v) is 4.72. The molecule has 0 radical (unpaired) electrons. The van der Waals surface area contributed by atoms with E-state index in [-0.39, 0.29) is 0 Å². The lowest BCUT2D eigenvalue weighted by Crippen LogP contribution is -2.39. The first-order valence-electron chi connectivity index (χ1n) is 5.97. The first kappa shape index (κ1) is 19.6. The zero-order chi connectivity index (χ0) is 18.4. The Hall–Kier alpha value is -1.46. The van der Waals surface area contributed by atoms with Crippen LogP contribution in [0, 0.1) is 11.3 Å². The monoisotopic (exact) mass is 370 g/mol. The van der Waals surface area contributed by atoms with Gasteiger partial charge in [0.15, 0.2) is 0 Å². The van der Waals surface area contributed by atoms with E-state index in [1.54, 1.807) is 0 Å². The van der Waals surface area contributed by atoms with Crippen LogP contribution in [0.5, 0.6) is 0 Å². The molecule has 0 bridgehead atoms. The minimum Gasteiger partial charge on any atom is -0.466 e. The molecule has 0 saturated heterocycles. The molecule has 0 aromatic heterocycles. The average Bonchev–Trinajstić information content (AvgIpc) is 2.61. The summed E-state index contributed by atoms with van der Waals surface area (Å²) in [5.41, 5.74) is -9.42. The Kier molecular flexibility index (Phi) is 4.74. The van der Waals surface area contributed by atoms with Gasteiger partial charge >= 0.3 is 27.8 Å². The van der Waals surface area contributed by atoms with E-state index in [0.29, 0.717) is 6.92 Å². The number of carbonyl (C=O) groups excluding carboxylic acids is 1. The number of carbonyl (C=O) groups is 1. The van der Waals surface area contributed by atoms with E-state index in [1.807, 2.05) is 0 Å². The molecule has 0 amide bonds. The Morgan fingerprint density at radius 3 is 2.04 bits per heavy atom. The molecule has 5 nitrogen and oxygen atoms in total. The summed E-state index contributed by atoms with van der Waals surface area (Å²) in [6, 6.07) is 0. The Morgan fingerprint density at radius 1 is 1.22 bits per heavy atom. The highest BCUT2D eigenvalue weighted by atomic mass is 32.2. The fourth-order valence-electron chi connectivity index (χ4n) is 2.09. The summed E-state index contributed by atoms with van der Waals surface area (Å²) in [5, 5.41) is 0. The van der Waals surface area contributed by atoms with E-state index in [4.69, 9.17) is 0 Å². The average molecular weight is 370 g/mol. The van der Waals surface area contributed by atoms with Crippen molar-refractivity contribution < 1.29 is 48.5 Å². The van der Waals surface area contributed by atoms with Crippen LogP contribution in [0.15, 0.2) is 11.3 Å². The molecule has 1 aliphatic carbocycles. The lowest BCUT2D eigenvalue weighted by Gasteiger charge is -2.32. The Balaban J connectivity index is 3.42. The highest BCUT2D eigenvalue weighted by Crippen LogP contribution is 2.56. The van der Waals surface area contributed by atoms with Gasteiger partial charge in [-0.3, -0.25) is 0 Å². The highest BCUT2D eigenvalue weighted by molar-refractivity contribution is 7.87. The van der Waals surface area contributed by atoms with Crippen molar-refractivity contribution in [3.63, 3.8) is 0 Å². The maximum absolute atomic E-state index is 13.2. The Bertz CT molecular complexity index is 632. The van der Waals surface area contributed by atoms with Gasteiger partial charge in [-0.1, -0.05) is 6.92 Å². The molecule has 0 spiro atoms. The molecule has 0 aromatic carbocycles. The smallest absolute Gasteiger partial charge is 0.466 e. The van der Waals surface area contributed by atoms with E-state index in [0.717, 1.165) is 14.0 Å². The van der Waals surface area contributed by atoms with Crippen LogP contribution in [-0.2, 0) is 23.8 Å². The zero-order valence-electron chi connectivity index (χ0n) is 12.0. The Labute approximate surface area is 127 Å². The molecule has 23 heavy (non-hydrogen) atoms. The second kappa shape index (κ2) is 5.56. The number of hydrogen-bond donors (Lipinski definition) is 0. The summed E-state index contributed by atoms with van der Waals surface area (Å²) in [5.74, 6) is -4.44. The molecule has 0 saturated carbocycles. The molecule has 1 aliphatic rings. The molecule has 0 N–H and O–H groups in total. The highest BCUT2D eigenvalue weighted by Gasteiger charge is 2.62. The van der Waals surface area contributed by atoms with Gasteiger partial charge in [-0.05, 0) is 13.3 Å². The van der Waals surface area contributed by atoms with Crippen molar-refractivity contribution >= 4 is 16.1 Å². The predicted octanol–water partition coefficient (Wildman–Crippen LogP) is 2.89. The predicted molar refractivity (Wildman–Crippen MR) is 63.0 cm³/mol. The summed E-state index contributed by atoms with van der Waals surface area (Å²) in [6.45, 7) is 1.47. The fraction of sp³-hybridized carbons (Fsp3) is 0.727. The molecular weight excluding hydrogens is 358 g/mol. The molecule has 2 atom stereocenters. The molecule has 1 rings (SSSR count). The summed E-state index contributed by atoms with van der Waals surface area (Å²) in [7, 11) is -5.43.